The molecule has 0 aromatic heterocycles. The Hall–Kier alpha value is 1.26. The summed E-state index contributed by atoms with van der Waals surface area (Å²) in [5, 5.41) is 5.50. The van der Waals surface area contributed by atoms with Crippen molar-refractivity contribution in [3.05, 3.63) is 5.14 Å². The first-order valence-electron chi connectivity index (χ1n) is 0.537. The van der Waals surface area contributed by atoms with Gasteiger partial charge in [-0.3, -0.25) is 4.21 Å². The summed E-state index contributed by atoms with van der Waals surface area (Å²) >= 11 is -2.61. The molecule has 0 aromatic carbocycles. The van der Waals surface area contributed by atoms with Crippen molar-refractivity contribution in [2.45, 2.75) is 0 Å². The molecule has 1 atom stereocenters. The summed E-state index contributed by atoms with van der Waals surface area (Å²) in [5.41, 5.74) is 0. The third kappa shape index (κ3) is 59.9. The van der Waals surface area contributed by atoms with E-state index in [9.17, 15) is 0 Å². The monoisotopic (exact) mass is 93.0 g/mol. The summed E-state index contributed by atoms with van der Waals surface area (Å²) in [5.74, 6) is 0. The molecule has 0 rings (SSSR count). The van der Waals surface area contributed by atoms with E-state index >= 15 is 0 Å². The topological polar surface area (TPSA) is 63.9 Å². The van der Waals surface area contributed by atoms with Crippen molar-refractivity contribution in [1.82, 2.24) is 0 Å². The van der Waals surface area contributed by atoms with Crippen LogP contribution in [0.1, 0.15) is 0 Å². The van der Waals surface area contributed by atoms with Crippen molar-refractivity contribution >= 4 is 11.3 Å². The molecule has 0 radical (unpaired) electrons. The molecule has 0 aromatic rings. The maximum atomic E-state index is 8.67. The molecule has 1 N–H and O–H groups in total. The second-order valence-corrected chi connectivity index (χ2v) is 0.704. The standard InChI is InChI=1S/2Li.H2NO2S/c;;1-4(2)3/h;;1H,(H,2,3)/q2*+1;-1/p-1. The molecular weight excluding hydrogens is 92.0 g/mol. The minimum absolute atomic E-state index is 0. The molecule has 0 spiro atoms. The summed E-state index contributed by atoms with van der Waals surface area (Å²) in [6.07, 6.45) is 0. The molecular formula is HLi2NO2S. The van der Waals surface area contributed by atoms with Gasteiger partial charge in [-0.15, -0.1) is 0 Å². The molecule has 26 valence electrons. The van der Waals surface area contributed by atoms with Gasteiger partial charge in [-0.2, -0.15) is 11.3 Å². The largest absolute Gasteiger partial charge is 1.00 e. The minimum Gasteiger partial charge on any atom is -0.789 e. The Balaban J connectivity index is -0.0000000450. The maximum Gasteiger partial charge on any atom is 1.00 e. The Kier molecular flexibility index (Phi) is 24.9. The predicted octanol–water partition coefficient (Wildman–Crippen LogP) is -6.16. The Morgan fingerprint density at radius 3 is 1.50 bits per heavy atom. The van der Waals surface area contributed by atoms with E-state index in [1.54, 1.807) is 0 Å². The van der Waals surface area contributed by atoms with E-state index in [4.69, 9.17) is 13.9 Å². The van der Waals surface area contributed by atoms with Gasteiger partial charge in [0.2, 0.25) is 0 Å². The van der Waals surface area contributed by atoms with Crippen LogP contribution in [0.25, 0.3) is 5.14 Å². The molecule has 0 fully saturated rings. The van der Waals surface area contributed by atoms with Gasteiger partial charge in [0.25, 0.3) is 0 Å². The maximum absolute atomic E-state index is 8.67. The van der Waals surface area contributed by atoms with Crippen LogP contribution >= 0.6 is 0 Å². The number of hydrogen-bond donors (Lipinski definition) is 0. The smallest absolute Gasteiger partial charge is 0.789 e. The average molecular weight is 93.0 g/mol. The molecule has 0 aliphatic heterocycles. The number of hydrogen-bond acceptors (Lipinski definition) is 2. The summed E-state index contributed by atoms with van der Waals surface area (Å²) < 4.78 is 17.3. The normalized spacial score (nSPS) is 10.3. The van der Waals surface area contributed by atoms with Gasteiger partial charge < -0.3 is 9.69 Å². The van der Waals surface area contributed by atoms with Crippen LogP contribution in [0.15, 0.2) is 0 Å². The molecule has 0 amide bonds. The summed E-state index contributed by atoms with van der Waals surface area (Å²) in [6.45, 7) is 0. The predicted molar refractivity (Wildman–Crippen MR) is 13.2 cm³/mol. The van der Waals surface area contributed by atoms with Gasteiger partial charge in [0.05, 0.1) is 0 Å². The fourth-order valence-corrected chi connectivity index (χ4v) is 0. The van der Waals surface area contributed by atoms with Crippen molar-refractivity contribution in [2.24, 2.45) is 0 Å². The second-order valence-electron chi connectivity index (χ2n) is 0.235. The Labute approximate surface area is 62.8 Å². The molecule has 6 heavy (non-hydrogen) atoms. The first-order valence-corrected chi connectivity index (χ1v) is 1.61. The number of rotatable bonds is 0. The molecule has 0 saturated heterocycles. The van der Waals surface area contributed by atoms with E-state index < -0.39 is 11.3 Å². The van der Waals surface area contributed by atoms with E-state index in [2.05, 4.69) is 0 Å². The van der Waals surface area contributed by atoms with Gasteiger partial charge >= 0.3 is 37.7 Å². The molecule has 0 bridgehead atoms. The zero-order valence-corrected chi connectivity index (χ0v) is 4.54. The van der Waals surface area contributed by atoms with Crippen LogP contribution in [0.2, 0.25) is 0 Å². The molecule has 0 saturated carbocycles. The average Bonchev–Trinajstić information content (AvgIpc) is 0.811. The van der Waals surface area contributed by atoms with Crippen LogP contribution in [0, 0.1) is 0 Å². The Morgan fingerprint density at radius 2 is 1.50 bits per heavy atom. The van der Waals surface area contributed by atoms with Crippen LogP contribution < -0.4 is 37.7 Å². The van der Waals surface area contributed by atoms with Crippen molar-refractivity contribution in [3.8, 4) is 0 Å². The van der Waals surface area contributed by atoms with Crippen molar-refractivity contribution in [2.75, 3.05) is 0 Å². The molecule has 6 heteroatoms. The molecule has 0 aliphatic carbocycles. The third-order valence-corrected chi connectivity index (χ3v) is 0. The molecule has 0 aliphatic rings. The summed E-state index contributed by atoms with van der Waals surface area (Å²) in [7, 11) is 0. The van der Waals surface area contributed by atoms with Crippen molar-refractivity contribution in [3.63, 3.8) is 0 Å². The molecule has 1 unspecified atom stereocenters. The van der Waals surface area contributed by atoms with E-state index in [0.29, 0.717) is 0 Å². The zero-order valence-electron chi connectivity index (χ0n) is 3.72. The first-order chi connectivity index (χ1) is 1.73. The zero-order chi connectivity index (χ0) is 3.58. The van der Waals surface area contributed by atoms with Crippen LogP contribution in [0.5, 0.6) is 0 Å². The van der Waals surface area contributed by atoms with Crippen molar-refractivity contribution in [1.29, 1.82) is 0 Å². The van der Waals surface area contributed by atoms with Crippen LogP contribution in [0.4, 0.5) is 0 Å². The van der Waals surface area contributed by atoms with Gasteiger partial charge in [-0.1, -0.05) is 0 Å². The van der Waals surface area contributed by atoms with Gasteiger partial charge in [-0.05, 0) is 0 Å². The van der Waals surface area contributed by atoms with Gasteiger partial charge in [0.15, 0.2) is 0 Å². The minimum atomic E-state index is -2.61. The van der Waals surface area contributed by atoms with Crippen LogP contribution in [-0.2, 0) is 11.3 Å². The first kappa shape index (κ1) is 15.7. The van der Waals surface area contributed by atoms with Crippen molar-refractivity contribution < 1.29 is 46.5 Å². The Bertz CT molecular complexity index is 34.5. The van der Waals surface area contributed by atoms with E-state index in [1.165, 1.54) is 0 Å². The SMILES string of the molecule is [Li+].[Li+].[NH-]S(=O)[O-]. The van der Waals surface area contributed by atoms with E-state index in [-0.39, 0.29) is 37.7 Å². The van der Waals surface area contributed by atoms with Crippen LogP contribution in [0.3, 0.4) is 0 Å². The van der Waals surface area contributed by atoms with Gasteiger partial charge in [-0.25, -0.2) is 0 Å². The fourth-order valence-electron chi connectivity index (χ4n) is 0. The van der Waals surface area contributed by atoms with Gasteiger partial charge in [0.1, 0.15) is 0 Å². The second kappa shape index (κ2) is 9.55. The summed E-state index contributed by atoms with van der Waals surface area (Å²) in [6, 6.07) is 0. The number of nitrogens with one attached hydrogen (secondary N) is 1. The van der Waals surface area contributed by atoms with E-state index in [0.717, 1.165) is 0 Å². The summed E-state index contributed by atoms with van der Waals surface area (Å²) in [4.78, 5) is 0. The fraction of sp³-hybridized carbons (Fsp3) is 0. The van der Waals surface area contributed by atoms with Crippen LogP contribution in [-0.4, -0.2) is 8.76 Å². The van der Waals surface area contributed by atoms with E-state index in [1.807, 2.05) is 0 Å². The Morgan fingerprint density at radius 1 is 1.50 bits per heavy atom. The molecule has 0 heterocycles. The molecule has 3 nitrogen and oxygen atoms in total. The quantitative estimate of drug-likeness (QED) is 0.221. The third-order valence-electron chi connectivity index (χ3n) is 0. The van der Waals surface area contributed by atoms with Gasteiger partial charge in [0, 0.05) is 0 Å².